The van der Waals surface area contributed by atoms with Gasteiger partial charge >= 0.3 is 0 Å². The average molecular weight is 619 g/mol. The molecule has 10 heteroatoms. The molecule has 0 unspecified atom stereocenters. The second kappa shape index (κ2) is 13.4. The molecule has 8 nitrogen and oxygen atoms in total. The number of ether oxygens (including phenoxy) is 2. The van der Waals surface area contributed by atoms with Crippen LogP contribution in [0.1, 0.15) is 16.7 Å². The number of nitriles is 1. The van der Waals surface area contributed by atoms with Crippen LogP contribution in [0, 0.1) is 21.4 Å². The standard InChI is InChI=1S/C30H21BrClN3O5/c31-24-6-4-20(5-7-24)18-39-28-11-9-26(10-12-28)34-30(36)23(17-33)15-22-16-25(32)8-13-29(22)40-19-21-2-1-3-27(14-21)35(37)38/h1-16H,18-19H2,(H,34,36)/b23-15+. The third-order valence-corrected chi connectivity index (χ3v) is 6.35. The second-order valence-corrected chi connectivity index (χ2v) is 9.81. The summed E-state index contributed by atoms with van der Waals surface area (Å²) in [5, 5.41) is 23.8. The first kappa shape index (κ1) is 28.4. The summed E-state index contributed by atoms with van der Waals surface area (Å²) in [6.07, 6.45) is 1.37. The van der Waals surface area contributed by atoms with E-state index in [-0.39, 0.29) is 17.9 Å². The Labute approximate surface area is 243 Å². The van der Waals surface area contributed by atoms with Crippen molar-refractivity contribution in [2.24, 2.45) is 0 Å². The fourth-order valence-corrected chi connectivity index (χ4v) is 4.01. The summed E-state index contributed by atoms with van der Waals surface area (Å²) in [6.45, 7) is 0.431. The number of anilines is 1. The van der Waals surface area contributed by atoms with E-state index in [2.05, 4.69) is 21.2 Å². The molecule has 0 saturated carbocycles. The topological polar surface area (TPSA) is 114 Å². The molecule has 0 saturated heterocycles. The Morgan fingerprint density at radius 2 is 1.70 bits per heavy atom. The number of carbonyl (C=O) groups is 1. The van der Waals surface area contributed by atoms with Gasteiger partial charge in [-0.25, -0.2) is 0 Å². The van der Waals surface area contributed by atoms with Crippen molar-refractivity contribution in [3.63, 3.8) is 0 Å². The van der Waals surface area contributed by atoms with E-state index in [1.165, 1.54) is 18.2 Å². The molecule has 1 N–H and O–H groups in total. The molecule has 0 aromatic heterocycles. The first-order valence-corrected chi connectivity index (χ1v) is 13.0. The lowest BCUT2D eigenvalue weighted by Crippen LogP contribution is -2.13. The number of nitrogens with zero attached hydrogens (tertiary/aromatic N) is 2. The van der Waals surface area contributed by atoms with Crippen molar-refractivity contribution < 1.29 is 19.2 Å². The fourth-order valence-electron chi connectivity index (χ4n) is 3.57. The highest BCUT2D eigenvalue weighted by molar-refractivity contribution is 9.10. The minimum Gasteiger partial charge on any atom is -0.489 e. The van der Waals surface area contributed by atoms with Gasteiger partial charge in [0.15, 0.2) is 0 Å². The Balaban J connectivity index is 1.43. The van der Waals surface area contributed by atoms with Crippen LogP contribution in [0.3, 0.4) is 0 Å². The Morgan fingerprint density at radius 1 is 0.975 bits per heavy atom. The number of carbonyl (C=O) groups excluding carboxylic acids is 1. The van der Waals surface area contributed by atoms with E-state index >= 15 is 0 Å². The van der Waals surface area contributed by atoms with E-state index in [1.54, 1.807) is 54.6 Å². The molecule has 0 radical (unpaired) electrons. The van der Waals surface area contributed by atoms with Gasteiger partial charge in [-0.1, -0.05) is 51.8 Å². The molecule has 0 heterocycles. The molecule has 4 rings (SSSR count). The lowest BCUT2D eigenvalue weighted by atomic mass is 10.1. The second-order valence-electron chi connectivity index (χ2n) is 8.46. The number of nitrogens with one attached hydrogen (secondary N) is 1. The predicted molar refractivity (Wildman–Crippen MR) is 156 cm³/mol. The van der Waals surface area contributed by atoms with Crippen molar-refractivity contribution in [1.82, 2.24) is 0 Å². The third-order valence-electron chi connectivity index (χ3n) is 5.58. The summed E-state index contributed by atoms with van der Waals surface area (Å²) in [7, 11) is 0. The van der Waals surface area contributed by atoms with Crippen molar-refractivity contribution in [2.45, 2.75) is 13.2 Å². The Hall–Kier alpha value is -4.65. The summed E-state index contributed by atoms with van der Waals surface area (Å²) in [5.74, 6) is 0.362. The molecule has 40 heavy (non-hydrogen) atoms. The van der Waals surface area contributed by atoms with Crippen molar-refractivity contribution in [2.75, 3.05) is 5.32 Å². The van der Waals surface area contributed by atoms with Gasteiger partial charge in [0.2, 0.25) is 0 Å². The van der Waals surface area contributed by atoms with Crippen LogP contribution in [-0.2, 0) is 18.0 Å². The van der Waals surface area contributed by atoms with E-state index in [1.807, 2.05) is 30.3 Å². The molecule has 0 bridgehead atoms. The molecule has 0 spiro atoms. The third kappa shape index (κ3) is 7.93. The highest BCUT2D eigenvalue weighted by Gasteiger charge is 2.13. The SMILES string of the molecule is N#C/C(=C\c1cc(Cl)ccc1OCc1cccc([N+](=O)[O-])c1)C(=O)Nc1ccc(OCc2ccc(Br)cc2)cc1. The van der Waals surface area contributed by atoms with Crippen LogP contribution < -0.4 is 14.8 Å². The summed E-state index contributed by atoms with van der Waals surface area (Å²) in [6, 6.07) is 27.3. The summed E-state index contributed by atoms with van der Waals surface area (Å²) in [5.41, 5.74) is 2.26. The number of non-ortho nitro benzene ring substituents is 1. The normalized spacial score (nSPS) is 10.9. The smallest absolute Gasteiger partial charge is 0.269 e. The van der Waals surface area contributed by atoms with Crippen LogP contribution in [0.4, 0.5) is 11.4 Å². The molecular formula is C30H21BrClN3O5. The van der Waals surface area contributed by atoms with Gasteiger partial charge in [0.25, 0.3) is 11.6 Å². The number of benzene rings is 4. The van der Waals surface area contributed by atoms with Crippen LogP contribution >= 0.6 is 27.5 Å². The monoisotopic (exact) mass is 617 g/mol. The number of nitro benzene ring substituents is 1. The Bertz CT molecular complexity index is 1600. The van der Waals surface area contributed by atoms with Gasteiger partial charge in [-0.3, -0.25) is 14.9 Å². The number of hydrogen-bond donors (Lipinski definition) is 1. The zero-order chi connectivity index (χ0) is 28.5. The molecule has 0 aliphatic rings. The summed E-state index contributed by atoms with van der Waals surface area (Å²) in [4.78, 5) is 23.4. The maximum atomic E-state index is 12.9. The number of halogens is 2. The maximum Gasteiger partial charge on any atom is 0.269 e. The van der Waals surface area contributed by atoms with Crippen molar-refractivity contribution in [3.8, 4) is 17.6 Å². The van der Waals surface area contributed by atoms with Gasteiger partial charge in [0, 0.05) is 32.9 Å². The average Bonchev–Trinajstić information content (AvgIpc) is 2.96. The quantitative estimate of drug-likeness (QED) is 0.0842. The number of amides is 1. The number of hydrogen-bond acceptors (Lipinski definition) is 6. The van der Waals surface area contributed by atoms with Gasteiger partial charge in [-0.2, -0.15) is 5.26 Å². The highest BCUT2D eigenvalue weighted by Crippen LogP contribution is 2.27. The molecule has 200 valence electrons. The first-order valence-electron chi connectivity index (χ1n) is 11.9. The van der Waals surface area contributed by atoms with Crippen LogP contribution in [0.5, 0.6) is 11.5 Å². The molecule has 0 atom stereocenters. The largest absolute Gasteiger partial charge is 0.489 e. The summed E-state index contributed by atoms with van der Waals surface area (Å²) < 4.78 is 12.6. The minimum absolute atomic E-state index is 0.0362. The Kier molecular flexibility index (Phi) is 9.52. The maximum absolute atomic E-state index is 12.9. The zero-order valence-corrected chi connectivity index (χ0v) is 23.2. The minimum atomic E-state index is -0.615. The van der Waals surface area contributed by atoms with Gasteiger partial charge in [0.1, 0.15) is 36.4 Å². The van der Waals surface area contributed by atoms with E-state index in [0.29, 0.717) is 39.9 Å². The Morgan fingerprint density at radius 3 is 2.40 bits per heavy atom. The van der Waals surface area contributed by atoms with Crippen LogP contribution in [0.25, 0.3) is 6.08 Å². The lowest BCUT2D eigenvalue weighted by molar-refractivity contribution is -0.384. The van der Waals surface area contributed by atoms with E-state index in [0.717, 1.165) is 10.0 Å². The molecule has 4 aromatic carbocycles. The molecule has 0 aliphatic heterocycles. The van der Waals surface area contributed by atoms with Gasteiger partial charge in [-0.15, -0.1) is 0 Å². The van der Waals surface area contributed by atoms with Crippen molar-refractivity contribution in [1.29, 1.82) is 5.26 Å². The first-order chi connectivity index (χ1) is 19.3. The van der Waals surface area contributed by atoms with Crippen molar-refractivity contribution >= 4 is 50.9 Å². The summed E-state index contributed by atoms with van der Waals surface area (Å²) >= 11 is 9.56. The molecule has 1 amide bonds. The number of nitro groups is 1. The molecule has 0 aliphatic carbocycles. The van der Waals surface area contributed by atoms with Crippen LogP contribution in [0.2, 0.25) is 5.02 Å². The van der Waals surface area contributed by atoms with Crippen LogP contribution in [0.15, 0.2) is 101 Å². The molecule has 4 aromatic rings. The fraction of sp³-hybridized carbons (Fsp3) is 0.0667. The van der Waals surface area contributed by atoms with E-state index in [9.17, 15) is 20.2 Å². The zero-order valence-electron chi connectivity index (χ0n) is 20.8. The highest BCUT2D eigenvalue weighted by atomic mass is 79.9. The lowest BCUT2D eigenvalue weighted by Gasteiger charge is -2.11. The van der Waals surface area contributed by atoms with E-state index in [4.69, 9.17) is 21.1 Å². The van der Waals surface area contributed by atoms with Crippen LogP contribution in [-0.4, -0.2) is 10.8 Å². The van der Waals surface area contributed by atoms with Gasteiger partial charge in [-0.05, 0) is 71.8 Å². The predicted octanol–water partition coefficient (Wildman–Crippen LogP) is 7.71. The van der Waals surface area contributed by atoms with E-state index < -0.39 is 10.8 Å². The van der Waals surface area contributed by atoms with Gasteiger partial charge in [0.05, 0.1) is 4.92 Å². The molecule has 0 fully saturated rings. The molecular weight excluding hydrogens is 598 g/mol. The van der Waals surface area contributed by atoms with Crippen molar-refractivity contribution in [3.05, 3.63) is 133 Å². The number of rotatable bonds is 10. The van der Waals surface area contributed by atoms with Gasteiger partial charge < -0.3 is 14.8 Å².